The second-order valence-corrected chi connectivity index (χ2v) is 10.2. The maximum atomic E-state index is 13.6. The molecule has 0 saturated heterocycles. The summed E-state index contributed by atoms with van der Waals surface area (Å²) in [4.78, 5) is 19.1. The number of para-hydroxylation sites is 1. The summed E-state index contributed by atoms with van der Waals surface area (Å²) in [5.74, 6) is 5.13. The van der Waals surface area contributed by atoms with Gasteiger partial charge in [0.15, 0.2) is 5.82 Å². The van der Waals surface area contributed by atoms with E-state index in [1.807, 2.05) is 0 Å². The Morgan fingerprint density at radius 2 is 1.90 bits per heavy atom. The van der Waals surface area contributed by atoms with Crippen LogP contribution in [0.1, 0.15) is 17.8 Å². The van der Waals surface area contributed by atoms with E-state index in [-0.39, 0.29) is 10.8 Å². The van der Waals surface area contributed by atoms with Crippen LogP contribution in [0.15, 0.2) is 36.5 Å². The van der Waals surface area contributed by atoms with E-state index in [4.69, 9.17) is 0 Å². The average Bonchev–Trinajstić information content (AvgIpc) is 3.49. The van der Waals surface area contributed by atoms with Crippen LogP contribution in [0.5, 0.6) is 0 Å². The minimum absolute atomic E-state index is 0.00237. The van der Waals surface area contributed by atoms with Crippen LogP contribution < -0.4 is 0 Å². The van der Waals surface area contributed by atoms with Crippen LogP contribution in [-0.2, 0) is 10.2 Å². The number of H-pyrrole nitrogens is 2. The zero-order valence-corrected chi connectivity index (χ0v) is 16.2. The van der Waals surface area contributed by atoms with Gasteiger partial charge < -0.3 is 9.88 Å². The third-order valence-corrected chi connectivity index (χ3v) is 10.2. The van der Waals surface area contributed by atoms with Gasteiger partial charge in [-0.05, 0) is 53.6 Å². The average molecular weight is 396 g/mol. The number of nitrogens with one attached hydrogen (secondary N) is 2. The zero-order valence-electron chi connectivity index (χ0n) is 16.2. The highest BCUT2D eigenvalue weighted by Crippen LogP contribution is 3.09. The number of aromatic amines is 2. The third-order valence-electron chi connectivity index (χ3n) is 10.2. The van der Waals surface area contributed by atoms with E-state index >= 15 is 0 Å². The fraction of sp³-hybridized carbons (Fsp3) is 0.478. The molecule has 7 heteroatoms. The van der Waals surface area contributed by atoms with Crippen LogP contribution >= 0.6 is 0 Å². The summed E-state index contributed by atoms with van der Waals surface area (Å²) in [7, 11) is 0. The highest BCUT2D eigenvalue weighted by atomic mass is 16.2. The van der Waals surface area contributed by atoms with Gasteiger partial charge in [0, 0.05) is 41.2 Å². The molecule has 1 aliphatic heterocycles. The number of tetrazole rings is 1. The van der Waals surface area contributed by atoms with Gasteiger partial charge in [-0.25, -0.2) is 0 Å². The highest BCUT2D eigenvalue weighted by Gasteiger charge is 3.12. The SMILES string of the molecule is O=C(N1CC=C(c2c[nH]c3ccccc23)CC1)C12C3C4C1C1C2C3C41c1nn[nH]n1. The summed E-state index contributed by atoms with van der Waals surface area (Å²) in [6, 6.07) is 8.44. The summed E-state index contributed by atoms with van der Waals surface area (Å²) in [5, 5.41) is 16.3. The number of rotatable bonds is 3. The smallest absolute Gasteiger partial charge is 0.229 e. The second kappa shape index (κ2) is 4.24. The molecule has 6 saturated carbocycles. The van der Waals surface area contributed by atoms with Crippen LogP contribution in [0.4, 0.5) is 0 Å². The Balaban J connectivity index is 0.982. The molecule has 6 fully saturated rings. The van der Waals surface area contributed by atoms with Crippen molar-refractivity contribution >= 4 is 22.4 Å². The van der Waals surface area contributed by atoms with Gasteiger partial charge >= 0.3 is 0 Å². The lowest BCUT2D eigenvalue weighted by Gasteiger charge is -3.09. The molecule has 6 aliphatic carbocycles. The molecule has 3 heterocycles. The molecule has 1 aromatic carbocycles. The fourth-order valence-electron chi connectivity index (χ4n) is 9.46. The number of aromatic nitrogens is 5. The van der Waals surface area contributed by atoms with Crippen LogP contribution in [0, 0.1) is 40.9 Å². The monoisotopic (exact) mass is 396 g/mol. The maximum Gasteiger partial charge on any atom is 0.229 e. The Labute approximate surface area is 171 Å². The lowest BCUT2D eigenvalue weighted by molar-refractivity contribution is -0.613. The number of amides is 1. The zero-order chi connectivity index (χ0) is 19.4. The maximum absolute atomic E-state index is 13.6. The summed E-state index contributed by atoms with van der Waals surface area (Å²) in [6.45, 7) is 1.59. The standard InChI is InChI=1S/C23H20N6O/c30-21(29-7-5-10(6-8-29)12-9-24-13-4-2-1-3-11(12)13)23-17-14-18(23)16-19(23)15(17)22(14,16)20-25-27-28-26-20/h1-5,9,14-19,24H,6-8H2,(H,25,26,27,28). The van der Waals surface area contributed by atoms with E-state index in [9.17, 15) is 4.79 Å². The molecule has 0 radical (unpaired) electrons. The van der Waals surface area contributed by atoms with Crippen LogP contribution in [0.2, 0.25) is 0 Å². The molecule has 148 valence electrons. The molecule has 0 unspecified atom stereocenters. The van der Waals surface area contributed by atoms with Crippen molar-refractivity contribution in [1.82, 2.24) is 30.5 Å². The quantitative estimate of drug-likeness (QED) is 0.708. The Hall–Kier alpha value is -2.96. The number of fused-ring (bicyclic) bond motifs is 1. The molecular formula is C23H20N6O. The summed E-state index contributed by atoms with van der Waals surface area (Å²) >= 11 is 0. The van der Waals surface area contributed by atoms with E-state index in [2.05, 4.69) is 67.0 Å². The number of carbonyl (C=O) groups excluding carboxylic acids is 1. The van der Waals surface area contributed by atoms with Gasteiger partial charge in [0.2, 0.25) is 5.91 Å². The molecule has 7 aliphatic rings. The Morgan fingerprint density at radius 3 is 2.60 bits per heavy atom. The second-order valence-electron chi connectivity index (χ2n) is 10.2. The van der Waals surface area contributed by atoms with Crippen LogP contribution in [0.25, 0.3) is 16.5 Å². The summed E-state index contributed by atoms with van der Waals surface area (Å²) < 4.78 is 0. The van der Waals surface area contributed by atoms with Gasteiger partial charge in [-0.2, -0.15) is 5.21 Å². The van der Waals surface area contributed by atoms with Crippen molar-refractivity contribution < 1.29 is 4.79 Å². The first-order valence-corrected chi connectivity index (χ1v) is 11.1. The van der Waals surface area contributed by atoms with Gasteiger partial charge in [-0.15, -0.1) is 10.2 Å². The Kier molecular flexibility index (Phi) is 2.11. The molecule has 3 aromatic rings. The van der Waals surface area contributed by atoms with E-state index in [1.165, 1.54) is 22.0 Å². The van der Waals surface area contributed by atoms with Crippen molar-refractivity contribution in [2.24, 2.45) is 40.9 Å². The lowest BCUT2D eigenvalue weighted by atomic mass is 8.92. The van der Waals surface area contributed by atoms with Crippen molar-refractivity contribution in [2.75, 3.05) is 13.1 Å². The molecule has 0 spiro atoms. The first kappa shape index (κ1) is 14.9. The molecule has 0 atom stereocenters. The van der Waals surface area contributed by atoms with E-state index in [1.54, 1.807) is 0 Å². The van der Waals surface area contributed by atoms with E-state index in [0.717, 1.165) is 25.3 Å². The molecule has 0 bridgehead atoms. The largest absolute Gasteiger partial charge is 0.361 e. The molecule has 10 rings (SSSR count). The predicted octanol–water partition coefficient (Wildman–Crippen LogP) is 1.99. The molecule has 7 nitrogen and oxygen atoms in total. The number of benzene rings is 1. The summed E-state index contributed by atoms with van der Waals surface area (Å²) in [5.41, 5.74) is 4.03. The van der Waals surface area contributed by atoms with E-state index < -0.39 is 0 Å². The minimum Gasteiger partial charge on any atom is -0.361 e. The molecular weight excluding hydrogens is 376 g/mol. The Bertz CT molecular complexity index is 1260. The fourth-order valence-corrected chi connectivity index (χ4v) is 9.46. The van der Waals surface area contributed by atoms with E-state index in [0.29, 0.717) is 41.4 Å². The van der Waals surface area contributed by atoms with Gasteiger partial charge in [0.25, 0.3) is 0 Å². The van der Waals surface area contributed by atoms with Crippen molar-refractivity contribution in [3.05, 3.63) is 47.9 Å². The van der Waals surface area contributed by atoms with Crippen LogP contribution in [-0.4, -0.2) is 49.5 Å². The summed E-state index contributed by atoms with van der Waals surface area (Å²) in [6.07, 6.45) is 5.33. The number of nitrogens with zero attached hydrogens (tertiary/aromatic N) is 4. The normalized spacial score (nSPS) is 45.5. The highest BCUT2D eigenvalue weighted by molar-refractivity contribution is 5.95. The van der Waals surface area contributed by atoms with Gasteiger partial charge in [-0.3, -0.25) is 4.79 Å². The van der Waals surface area contributed by atoms with Crippen molar-refractivity contribution in [3.8, 4) is 0 Å². The van der Waals surface area contributed by atoms with Crippen molar-refractivity contribution in [1.29, 1.82) is 0 Å². The third kappa shape index (κ3) is 1.11. The van der Waals surface area contributed by atoms with Gasteiger partial charge in [0.05, 0.1) is 5.41 Å². The lowest BCUT2D eigenvalue weighted by Crippen LogP contribution is -3.12. The topological polar surface area (TPSA) is 90.6 Å². The van der Waals surface area contributed by atoms with Crippen molar-refractivity contribution in [2.45, 2.75) is 11.8 Å². The molecule has 2 N–H and O–H groups in total. The number of hydrogen-bond donors (Lipinski definition) is 2. The number of hydrogen-bond acceptors (Lipinski definition) is 4. The van der Waals surface area contributed by atoms with Gasteiger partial charge in [-0.1, -0.05) is 29.5 Å². The predicted molar refractivity (Wildman–Crippen MR) is 107 cm³/mol. The van der Waals surface area contributed by atoms with Crippen LogP contribution in [0.3, 0.4) is 0 Å². The molecule has 2 aromatic heterocycles. The molecule has 30 heavy (non-hydrogen) atoms. The minimum atomic E-state index is -0.00237. The number of carbonyl (C=O) groups is 1. The van der Waals surface area contributed by atoms with Crippen molar-refractivity contribution in [3.63, 3.8) is 0 Å². The first-order chi connectivity index (χ1) is 14.8. The van der Waals surface area contributed by atoms with Gasteiger partial charge in [0.1, 0.15) is 0 Å². The first-order valence-electron chi connectivity index (χ1n) is 11.1. The molecule has 1 amide bonds. The Morgan fingerprint density at radius 1 is 1.10 bits per heavy atom.